The van der Waals surface area contributed by atoms with Crippen LogP contribution in [0.2, 0.25) is 0 Å². The fourth-order valence-electron chi connectivity index (χ4n) is 3.12. The van der Waals surface area contributed by atoms with Crippen molar-refractivity contribution in [3.63, 3.8) is 0 Å². The van der Waals surface area contributed by atoms with Gasteiger partial charge in [-0.2, -0.15) is 5.10 Å². The molecule has 1 atom stereocenters. The number of anilines is 1. The van der Waals surface area contributed by atoms with Crippen molar-refractivity contribution < 1.29 is 0 Å². The maximum Gasteiger partial charge on any atom is 0.0539 e. The molecule has 21 heavy (non-hydrogen) atoms. The lowest BCUT2D eigenvalue weighted by Gasteiger charge is -2.19. The molecular formula is C17H24N4. The summed E-state index contributed by atoms with van der Waals surface area (Å²) in [6, 6.07) is 7.33. The van der Waals surface area contributed by atoms with Crippen molar-refractivity contribution in [1.29, 1.82) is 0 Å². The highest BCUT2D eigenvalue weighted by Gasteiger charge is 2.20. The van der Waals surface area contributed by atoms with Crippen LogP contribution in [0.1, 0.15) is 36.6 Å². The van der Waals surface area contributed by atoms with Gasteiger partial charge >= 0.3 is 0 Å². The summed E-state index contributed by atoms with van der Waals surface area (Å²) in [4.78, 5) is 2.45. The Bertz CT molecular complexity index is 617. The zero-order valence-corrected chi connectivity index (χ0v) is 13.1. The highest BCUT2D eigenvalue weighted by atomic mass is 15.2. The number of rotatable bonds is 5. The maximum atomic E-state index is 4.25. The highest BCUT2D eigenvalue weighted by Crippen LogP contribution is 2.31. The Morgan fingerprint density at radius 2 is 2.24 bits per heavy atom. The van der Waals surface area contributed by atoms with Crippen LogP contribution in [0.3, 0.4) is 0 Å². The lowest BCUT2D eigenvalue weighted by molar-refractivity contribution is 0.598. The van der Waals surface area contributed by atoms with E-state index in [1.54, 1.807) is 0 Å². The molecule has 112 valence electrons. The fraction of sp³-hybridized carbons (Fsp3) is 0.471. The molecule has 0 spiro atoms. The van der Waals surface area contributed by atoms with Gasteiger partial charge in [0, 0.05) is 43.6 Å². The van der Waals surface area contributed by atoms with Gasteiger partial charge in [0.2, 0.25) is 0 Å². The molecule has 1 aliphatic heterocycles. The first-order chi connectivity index (χ1) is 10.2. The van der Waals surface area contributed by atoms with E-state index >= 15 is 0 Å². The Balaban J connectivity index is 1.76. The third kappa shape index (κ3) is 2.95. The third-order valence-corrected chi connectivity index (χ3v) is 4.24. The SMILES string of the molecule is CCNC(C)c1ccc2c(c1)CCN2Cc1cnn(C)c1. The largest absolute Gasteiger partial charge is 0.367 e. The standard InChI is InChI=1S/C17H24N4/c1-4-18-13(2)15-5-6-17-16(9-15)7-8-21(17)12-14-10-19-20(3)11-14/h5-6,9-11,13,18H,4,7-8,12H2,1-3H3. The van der Waals surface area contributed by atoms with Gasteiger partial charge < -0.3 is 10.2 Å². The Hall–Kier alpha value is -1.81. The molecule has 4 nitrogen and oxygen atoms in total. The van der Waals surface area contributed by atoms with Gasteiger partial charge in [-0.3, -0.25) is 4.68 Å². The van der Waals surface area contributed by atoms with Crippen LogP contribution in [0, 0.1) is 0 Å². The summed E-state index contributed by atoms with van der Waals surface area (Å²) >= 11 is 0. The molecule has 2 aromatic rings. The molecule has 1 aromatic carbocycles. The second-order valence-corrected chi connectivity index (χ2v) is 5.86. The van der Waals surface area contributed by atoms with Gasteiger partial charge in [0.1, 0.15) is 0 Å². The van der Waals surface area contributed by atoms with Crippen LogP contribution in [0.4, 0.5) is 5.69 Å². The topological polar surface area (TPSA) is 33.1 Å². The van der Waals surface area contributed by atoms with Gasteiger partial charge in [0.25, 0.3) is 0 Å². The van der Waals surface area contributed by atoms with Crippen molar-refractivity contribution in [2.45, 2.75) is 32.9 Å². The molecule has 0 saturated carbocycles. The summed E-state index contributed by atoms with van der Waals surface area (Å²) in [5.74, 6) is 0. The molecule has 1 aliphatic rings. The van der Waals surface area contributed by atoms with Gasteiger partial charge in [0.15, 0.2) is 0 Å². The summed E-state index contributed by atoms with van der Waals surface area (Å²) in [7, 11) is 1.97. The first kappa shape index (κ1) is 14.1. The number of hydrogen-bond donors (Lipinski definition) is 1. The van der Waals surface area contributed by atoms with Crippen molar-refractivity contribution in [3.8, 4) is 0 Å². The highest BCUT2D eigenvalue weighted by molar-refractivity contribution is 5.59. The minimum absolute atomic E-state index is 0.424. The smallest absolute Gasteiger partial charge is 0.0539 e. The number of benzene rings is 1. The summed E-state index contributed by atoms with van der Waals surface area (Å²) < 4.78 is 1.87. The number of nitrogens with zero attached hydrogens (tertiary/aromatic N) is 3. The molecule has 1 unspecified atom stereocenters. The first-order valence-electron chi connectivity index (χ1n) is 7.76. The fourth-order valence-corrected chi connectivity index (χ4v) is 3.12. The Labute approximate surface area is 126 Å². The minimum Gasteiger partial charge on any atom is -0.367 e. The molecule has 4 heteroatoms. The van der Waals surface area contributed by atoms with Gasteiger partial charge in [-0.15, -0.1) is 0 Å². The Morgan fingerprint density at radius 1 is 1.38 bits per heavy atom. The van der Waals surface area contributed by atoms with E-state index in [4.69, 9.17) is 0 Å². The third-order valence-electron chi connectivity index (χ3n) is 4.24. The lowest BCUT2D eigenvalue weighted by atomic mass is 10.0. The van der Waals surface area contributed by atoms with Crippen LogP contribution in [0.25, 0.3) is 0 Å². The number of hydrogen-bond acceptors (Lipinski definition) is 3. The number of aryl methyl sites for hydroxylation is 1. The van der Waals surface area contributed by atoms with E-state index in [1.807, 2.05) is 17.9 Å². The summed E-state index contributed by atoms with van der Waals surface area (Å²) in [5, 5.41) is 7.74. The lowest BCUT2D eigenvalue weighted by Crippen LogP contribution is -2.19. The van der Waals surface area contributed by atoms with E-state index in [0.29, 0.717) is 6.04 Å². The molecule has 0 radical (unpaired) electrons. The molecule has 1 N–H and O–H groups in total. The van der Waals surface area contributed by atoms with E-state index in [2.05, 4.69) is 53.6 Å². The average Bonchev–Trinajstić information content (AvgIpc) is 3.06. The minimum atomic E-state index is 0.424. The van der Waals surface area contributed by atoms with Gasteiger partial charge in [-0.25, -0.2) is 0 Å². The van der Waals surface area contributed by atoms with Crippen molar-refractivity contribution in [1.82, 2.24) is 15.1 Å². The molecule has 0 amide bonds. The van der Waals surface area contributed by atoms with Crippen LogP contribution in [0.5, 0.6) is 0 Å². The van der Waals surface area contributed by atoms with E-state index in [1.165, 1.54) is 22.4 Å². The van der Waals surface area contributed by atoms with E-state index in [-0.39, 0.29) is 0 Å². The van der Waals surface area contributed by atoms with Crippen molar-refractivity contribution in [3.05, 3.63) is 47.3 Å². The summed E-state index contributed by atoms with van der Waals surface area (Å²) in [5.41, 5.74) is 5.52. The Morgan fingerprint density at radius 3 is 2.95 bits per heavy atom. The molecule has 0 fully saturated rings. The first-order valence-corrected chi connectivity index (χ1v) is 7.76. The van der Waals surface area contributed by atoms with Crippen molar-refractivity contribution in [2.75, 3.05) is 18.0 Å². The molecule has 2 heterocycles. The normalized spacial score (nSPS) is 15.3. The zero-order chi connectivity index (χ0) is 14.8. The monoisotopic (exact) mass is 284 g/mol. The van der Waals surface area contributed by atoms with Gasteiger partial charge in [-0.05, 0) is 37.1 Å². The second kappa shape index (κ2) is 5.90. The van der Waals surface area contributed by atoms with E-state index in [0.717, 1.165) is 26.1 Å². The van der Waals surface area contributed by atoms with Crippen LogP contribution in [-0.2, 0) is 20.0 Å². The van der Waals surface area contributed by atoms with Crippen molar-refractivity contribution >= 4 is 5.69 Å². The molecule has 0 bridgehead atoms. The van der Waals surface area contributed by atoms with Gasteiger partial charge in [0.05, 0.1) is 6.20 Å². The maximum absolute atomic E-state index is 4.25. The number of fused-ring (bicyclic) bond motifs is 1. The molecule has 0 saturated heterocycles. The number of aromatic nitrogens is 2. The second-order valence-electron chi connectivity index (χ2n) is 5.86. The quantitative estimate of drug-likeness (QED) is 0.916. The molecule has 3 rings (SSSR count). The Kier molecular flexibility index (Phi) is 3.97. The summed E-state index contributed by atoms with van der Waals surface area (Å²) in [6.07, 6.45) is 5.20. The zero-order valence-electron chi connectivity index (χ0n) is 13.1. The average molecular weight is 284 g/mol. The number of nitrogens with one attached hydrogen (secondary N) is 1. The van der Waals surface area contributed by atoms with Crippen LogP contribution < -0.4 is 10.2 Å². The predicted octanol–water partition coefficient (Wildman–Crippen LogP) is 2.65. The van der Waals surface area contributed by atoms with Gasteiger partial charge in [-0.1, -0.05) is 19.1 Å². The molecule has 0 aliphatic carbocycles. The van der Waals surface area contributed by atoms with Crippen LogP contribution >= 0.6 is 0 Å². The summed E-state index contributed by atoms with van der Waals surface area (Å²) in [6.45, 7) is 7.44. The van der Waals surface area contributed by atoms with E-state index < -0.39 is 0 Å². The molecular weight excluding hydrogens is 260 g/mol. The van der Waals surface area contributed by atoms with Crippen LogP contribution in [-0.4, -0.2) is 22.9 Å². The van der Waals surface area contributed by atoms with Crippen molar-refractivity contribution in [2.24, 2.45) is 7.05 Å². The molecule has 1 aromatic heterocycles. The van der Waals surface area contributed by atoms with Crippen LogP contribution in [0.15, 0.2) is 30.6 Å². The predicted molar refractivity (Wildman–Crippen MR) is 86.5 cm³/mol. The van der Waals surface area contributed by atoms with E-state index in [9.17, 15) is 0 Å².